The molecule has 3 rings (SSSR count). The standard InChI is InChI=1S/C26H33ClN4O3/c1-4-18(2)23(29-24(32)20-9-11-22(27)12-10-20)25(33)28-17-19-5-7-21(8-6-19)26(34)31-15-13-30(3)14-16-31/h5-12,18,23H,4,13-17H2,1-3H3,(H,28,33)(H,29,32). The van der Waals surface area contributed by atoms with Gasteiger partial charge >= 0.3 is 0 Å². The lowest BCUT2D eigenvalue weighted by Crippen LogP contribution is -2.50. The molecule has 7 nitrogen and oxygen atoms in total. The van der Waals surface area contributed by atoms with Gasteiger partial charge in [-0.3, -0.25) is 14.4 Å². The van der Waals surface area contributed by atoms with Gasteiger partial charge in [0.15, 0.2) is 0 Å². The highest BCUT2D eigenvalue weighted by Gasteiger charge is 2.26. The maximum Gasteiger partial charge on any atom is 0.253 e. The quantitative estimate of drug-likeness (QED) is 0.603. The van der Waals surface area contributed by atoms with Gasteiger partial charge in [-0.1, -0.05) is 44.0 Å². The van der Waals surface area contributed by atoms with Crippen LogP contribution < -0.4 is 10.6 Å². The van der Waals surface area contributed by atoms with E-state index < -0.39 is 6.04 Å². The van der Waals surface area contributed by atoms with Crippen molar-refractivity contribution >= 4 is 29.3 Å². The third-order valence-corrected chi connectivity index (χ3v) is 6.60. The van der Waals surface area contributed by atoms with Gasteiger partial charge in [0, 0.05) is 48.9 Å². The molecule has 0 saturated carbocycles. The van der Waals surface area contributed by atoms with Crippen molar-refractivity contribution < 1.29 is 14.4 Å². The topological polar surface area (TPSA) is 81.8 Å². The van der Waals surface area contributed by atoms with E-state index in [-0.39, 0.29) is 23.6 Å². The Balaban J connectivity index is 1.57. The Morgan fingerprint density at radius 3 is 2.12 bits per heavy atom. The van der Waals surface area contributed by atoms with Gasteiger partial charge in [0.2, 0.25) is 5.91 Å². The van der Waals surface area contributed by atoms with Gasteiger partial charge in [-0.2, -0.15) is 0 Å². The molecule has 0 bridgehead atoms. The molecule has 182 valence electrons. The van der Waals surface area contributed by atoms with Crippen LogP contribution >= 0.6 is 11.6 Å². The highest BCUT2D eigenvalue weighted by molar-refractivity contribution is 6.30. The summed E-state index contributed by atoms with van der Waals surface area (Å²) in [5.41, 5.74) is 1.98. The minimum Gasteiger partial charge on any atom is -0.350 e. The molecule has 2 aromatic rings. The summed E-state index contributed by atoms with van der Waals surface area (Å²) in [6.07, 6.45) is 0.738. The van der Waals surface area contributed by atoms with Crippen molar-refractivity contribution in [3.8, 4) is 0 Å². The fourth-order valence-corrected chi connectivity index (χ4v) is 3.91. The third-order valence-electron chi connectivity index (χ3n) is 6.35. The van der Waals surface area contributed by atoms with E-state index >= 15 is 0 Å². The molecule has 1 fully saturated rings. The van der Waals surface area contributed by atoms with Crippen molar-refractivity contribution in [3.63, 3.8) is 0 Å². The molecule has 1 saturated heterocycles. The molecular formula is C26H33ClN4O3. The first kappa shape index (κ1) is 25.7. The molecule has 1 aliphatic rings. The summed E-state index contributed by atoms with van der Waals surface area (Å²) in [6, 6.07) is 13.2. The molecule has 0 aromatic heterocycles. The highest BCUT2D eigenvalue weighted by atomic mass is 35.5. The van der Waals surface area contributed by atoms with Crippen LogP contribution in [0.2, 0.25) is 5.02 Å². The molecule has 34 heavy (non-hydrogen) atoms. The van der Waals surface area contributed by atoms with Crippen LogP contribution in [-0.4, -0.2) is 66.8 Å². The Hall–Kier alpha value is -2.90. The van der Waals surface area contributed by atoms with E-state index in [2.05, 4.69) is 22.6 Å². The second-order valence-electron chi connectivity index (χ2n) is 8.85. The van der Waals surface area contributed by atoms with Crippen molar-refractivity contribution in [1.82, 2.24) is 20.4 Å². The normalized spacial score (nSPS) is 15.9. The SMILES string of the molecule is CCC(C)C(NC(=O)c1ccc(Cl)cc1)C(=O)NCc1ccc(C(=O)N2CCN(C)CC2)cc1. The average molecular weight is 485 g/mol. The molecule has 1 heterocycles. The molecule has 2 N–H and O–H groups in total. The molecule has 2 atom stereocenters. The van der Waals surface area contributed by atoms with Crippen molar-refractivity contribution in [2.75, 3.05) is 33.2 Å². The van der Waals surface area contributed by atoms with E-state index in [0.29, 0.717) is 22.7 Å². The van der Waals surface area contributed by atoms with Crippen LogP contribution in [0, 0.1) is 5.92 Å². The van der Waals surface area contributed by atoms with Gasteiger partial charge in [0.05, 0.1) is 0 Å². The largest absolute Gasteiger partial charge is 0.350 e. The molecule has 8 heteroatoms. The van der Waals surface area contributed by atoms with Crippen LogP contribution in [0.25, 0.3) is 0 Å². The monoisotopic (exact) mass is 484 g/mol. The zero-order valence-electron chi connectivity index (χ0n) is 20.0. The number of likely N-dealkylation sites (N-methyl/N-ethyl adjacent to an activating group) is 1. The predicted molar refractivity (Wildman–Crippen MR) is 134 cm³/mol. The minimum atomic E-state index is -0.661. The van der Waals surface area contributed by atoms with Crippen LogP contribution in [-0.2, 0) is 11.3 Å². The summed E-state index contributed by atoms with van der Waals surface area (Å²) < 4.78 is 0. The number of amides is 3. The summed E-state index contributed by atoms with van der Waals surface area (Å²) in [7, 11) is 2.06. The lowest BCUT2D eigenvalue weighted by atomic mass is 9.97. The van der Waals surface area contributed by atoms with Crippen molar-refractivity contribution in [1.29, 1.82) is 0 Å². The van der Waals surface area contributed by atoms with E-state index in [4.69, 9.17) is 11.6 Å². The lowest BCUT2D eigenvalue weighted by molar-refractivity contribution is -0.124. The second kappa shape index (κ2) is 12.0. The third kappa shape index (κ3) is 6.81. The van der Waals surface area contributed by atoms with E-state index in [1.807, 2.05) is 30.9 Å². The first-order chi connectivity index (χ1) is 16.3. The number of rotatable bonds is 8. The zero-order chi connectivity index (χ0) is 24.7. The molecule has 1 aliphatic heterocycles. The Morgan fingerprint density at radius 1 is 0.941 bits per heavy atom. The van der Waals surface area contributed by atoms with Crippen LogP contribution in [0.4, 0.5) is 0 Å². The zero-order valence-corrected chi connectivity index (χ0v) is 20.8. The van der Waals surface area contributed by atoms with Gasteiger partial charge in [-0.05, 0) is 54.9 Å². The number of benzene rings is 2. The maximum absolute atomic E-state index is 12.9. The molecule has 2 unspecified atom stereocenters. The summed E-state index contributed by atoms with van der Waals surface area (Å²) in [6.45, 7) is 7.44. The number of hydrogen-bond donors (Lipinski definition) is 2. The smallest absolute Gasteiger partial charge is 0.253 e. The minimum absolute atomic E-state index is 0.0328. The van der Waals surface area contributed by atoms with Gasteiger partial charge in [0.25, 0.3) is 11.8 Å². The number of nitrogens with one attached hydrogen (secondary N) is 2. The predicted octanol–water partition coefficient (Wildman–Crippen LogP) is 3.19. The Morgan fingerprint density at radius 2 is 1.53 bits per heavy atom. The average Bonchev–Trinajstić information content (AvgIpc) is 2.86. The number of piperazine rings is 1. The number of carbonyl (C=O) groups is 3. The van der Waals surface area contributed by atoms with E-state index in [0.717, 1.165) is 38.2 Å². The lowest BCUT2D eigenvalue weighted by Gasteiger charge is -2.32. The molecule has 0 aliphatic carbocycles. The van der Waals surface area contributed by atoms with Crippen LogP contribution in [0.5, 0.6) is 0 Å². The van der Waals surface area contributed by atoms with E-state index in [1.54, 1.807) is 36.4 Å². The summed E-state index contributed by atoms with van der Waals surface area (Å²) >= 11 is 5.90. The van der Waals surface area contributed by atoms with Crippen LogP contribution in [0.1, 0.15) is 46.5 Å². The Bertz CT molecular complexity index is 986. The van der Waals surface area contributed by atoms with Crippen LogP contribution in [0.3, 0.4) is 0 Å². The highest BCUT2D eigenvalue weighted by Crippen LogP contribution is 2.14. The number of nitrogens with zero attached hydrogens (tertiary/aromatic N) is 2. The van der Waals surface area contributed by atoms with Gasteiger partial charge in [0.1, 0.15) is 6.04 Å². The van der Waals surface area contributed by atoms with E-state index in [1.165, 1.54) is 0 Å². The Kier molecular flexibility index (Phi) is 9.07. The van der Waals surface area contributed by atoms with Gasteiger partial charge in [-0.15, -0.1) is 0 Å². The van der Waals surface area contributed by atoms with Crippen molar-refractivity contribution in [2.24, 2.45) is 5.92 Å². The van der Waals surface area contributed by atoms with Crippen LogP contribution in [0.15, 0.2) is 48.5 Å². The first-order valence-electron chi connectivity index (χ1n) is 11.7. The molecular weight excluding hydrogens is 452 g/mol. The van der Waals surface area contributed by atoms with Crippen molar-refractivity contribution in [3.05, 3.63) is 70.2 Å². The molecule has 0 spiro atoms. The second-order valence-corrected chi connectivity index (χ2v) is 9.29. The van der Waals surface area contributed by atoms with Gasteiger partial charge in [-0.25, -0.2) is 0 Å². The molecule has 0 radical (unpaired) electrons. The number of carbonyl (C=O) groups excluding carboxylic acids is 3. The maximum atomic E-state index is 12.9. The van der Waals surface area contributed by atoms with E-state index in [9.17, 15) is 14.4 Å². The van der Waals surface area contributed by atoms with Crippen molar-refractivity contribution in [2.45, 2.75) is 32.9 Å². The molecule has 2 aromatic carbocycles. The fraction of sp³-hybridized carbons (Fsp3) is 0.423. The first-order valence-corrected chi connectivity index (χ1v) is 12.1. The van der Waals surface area contributed by atoms with Gasteiger partial charge < -0.3 is 20.4 Å². The Labute approximate surface area is 206 Å². The summed E-state index contributed by atoms with van der Waals surface area (Å²) in [4.78, 5) is 42.4. The summed E-state index contributed by atoms with van der Waals surface area (Å²) in [5, 5.41) is 6.32. The summed E-state index contributed by atoms with van der Waals surface area (Å²) in [5.74, 6) is -0.566. The molecule has 3 amide bonds. The fourth-order valence-electron chi connectivity index (χ4n) is 3.78. The number of hydrogen-bond acceptors (Lipinski definition) is 4. The number of halogens is 1.